The number of nitrogens with zero attached hydrogens (tertiary/aromatic N) is 4. The summed E-state index contributed by atoms with van der Waals surface area (Å²) in [7, 11) is 1.71. The molecule has 2 aromatic heterocycles. The average Bonchev–Trinajstić information content (AvgIpc) is 3.25. The van der Waals surface area contributed by atoms with Crippen LogP contribution in [0, 0.1) is 0 Å². The van der Waals surface area contributed by atoms with Gasteiger partial charge in [-0.15, -0.1) is 0 Å². The number of rotatable bonds is 6. The molecule has 1 aliphatic rings. The summed E-state index contributed by atoms with van der Waals surface area (Å²) >= 11 is 0. The van der Waals surface area contributed by atoms with Crippen molar-refractivity contribution in [3.05, 3.63) is 42.2 Å². The van der Waals surface area contributed by atoms with Gasteiger partial charge in [0.05, 0.1) is 12.9 Å². The van der Waals surface area contributed by atoms with Gasteiger partial charge in [0.1, 0.15) is 12.2 Å². The van der Waals surface area contributed by atoms with E-state index < -0.39 is 30.7 Å². The number of aromatic nitrogens is 4. The minimum absolute atomic E-state index is 0.338. The van der Waals surface area contributed by atoms with Gasteiger partial charge in [-0.2, -0.15) is 9.97 Å². The van der Waals surface area contributed by atoms with Crippen LogP contribution in [-0.2, 0) is 11.3 Å². The normalized spacial score (nSPS) is 26.7. The van der Waals surface area contributed by atoms with E-state index >= 15 is 4.39 Å². The second-order valence-electron chi connectivity index (χ2n) is 7.11. The minimum Gasteiger partial charge on any atom is -0.394 e. The fraction of sp³-hybridized carbons (Fsp3) is 0.421. The fourth-order valence-electron chi connectivity index (χ4n) is 3.48. The predicted octanol–water partition coefficient (Wildman–Crippen LogP) is 1.46. The van der Waals surface area contributed by atoms with Crippen molar-refractivity contribution in [3.8, 4) is 0 Å². The lowest BCUT2D eigenvalue weighted by Gasteiger charge is -2.24. The molecule has 3 heterocycles. The molecule has 0 bridgehead atoms. The van der Waals surface area contributed by atoms with Gasteiger partial charge in [0, 0.05) is 13.6 Å². The first-order valence-corrected chi connectivity index (χ1v) is 9.29. The molecule has 1 aromatic carbocycles. The lowest BCUT2D eigenvalue weighted by Crippen LogP contribution is -2.40. The lowest BCUT2D eigenvalue weighted by molar-refractivity contribution is -0.0566. The zero-order chi connectivity index (χ0) is 20.6. The van der Waals surface area contributed by atoms with Crippen LogP contribution in [0.5, 0.6) is 0 Å². The molecule has 4 atom stereocenters. The van der Waals surface area contributed by atoms with E-state index in [1.807, 2.05) is 30.3 Å². The standard InChI is InChI=1S/C19H23FN6O3/c1-19(20)14(28)12(9-27)29-17(19)26-10-23-13-15(21-2)24-18(25-16(13)26)22-8-11-6-4-3-5-7-11/h3-7,10,12,14,17,27-28H,8-9H2,1-2H3,(H2,21,22,24,25)/t12-,14-,17-,19-/m1/s1. The first kappa shape index (κ1) is 19.5. The Morgan fingerprint density at radius 2 is 2.03 bits per heavy atom. The maximum atomic E-state index is 15.2. The number of hydrogen-bond donors (Lipinski definition) is 4. The first-order chi connectivity index (χ1) is 14.0. The Labute approximate surface area is 166 Å². The highest BCUT2D eigenvalue weighted by atomic mass is 19.1. The van der Waals surface area contributed by atoms with Crippen LogP contribution in [0.3, 0.4) is 0 Å². The number of hydrogen-bond acceptors (Lipinski definition) is 8. The molecule has 1 aliphatic heterocycles. The Kier molecular flexibility index (Phi) is 5.07. The summed E-state index contributed by atoms with van der Waals surface area (Å²) in [5.41, 5.74) is -0.289. The number of halogens is 1. The summed E-state index contributed by atoms with van der Waals surface area (Å²) < 4.78 is 22.2. The van der Waals surface area contributed by atoms with E-state index in [4.69, 9.17) is 4.74 Å². The molecule has 3 aromatic rings. The van der Waals surface area contributed by atoms with Crippen LogP contribution >= 0.6 is 0 Å². The molecular weight excluding hydrogens is 379 g/mol. The highest BCUT2D eigenvalue weighted by molar-refractivity contribution is 5.84. The molecular formula is C19H23FN6O3. The van der Waals surface area contributed by atoms with Crippen molar-refractivity contribution in [1.29, 1.82) is 0 Å². The number of aliphatic hydroxyl groups is 2. The Morgan fingerprint density at radius 3 is 2.69 bits per heavy atom. The molecule has 1 fully saturated rings. The van der Waals surface area contributed by atoms with Crippen molar-refractivity contribution in [1.82, 2.24) is 19.5 Å². The van der Waals surface area contributed by atoms with E-state index in [1.165, 1.54) is 17.8 Å². The monoisotopic (exact) mass is 402 g/mol. The van der Waals surface area contributed by atoms with E-state index in [2.05, 4.69) is 25.6 Å². The molecule has 9 nitrogen and oxygen atoms in total. The summed E-state index contributed by atoms with van der Waals surface area (Å²) in [6, 6.07) is 9.78. The molecule has 154 valence electrons. The fourth-order valence-corrected chi connectivity index (χ4v) is 3.48. The third-order valence-electron chi connectivity index (χ3n) is 5.10. The van der Waals surface area contributed by atoms with Gasteiger partial charge < -0.3 is 25.6 Å². The van der Waals surface area contributed by atoms with Crippen molar-refractivity contribution in [2.24, 2.45) is 0 Å². The molecule has 10 heteroatoms. The van der Waals surface area contributed by atoms with Crippen LogP contribution < -0.4 is 10.6 Å². The highest BCUT2D eigenvalue weighted by Crippen LogP contribution is 2.42. The second kappa shape index (κ2) is 7.54. The Hall–Kier alpha value is -2.82. The first-order valence-electron chi connectivity index (χ1n) is 9.29. The van der Waals surface area contributed by atoms with Gasteiger partial charge in [0.25, 0.3) is 0 Å². The number of nitrogens with one attached hydrogen (secondary N) is 2. The van der Waals surface area contributed by atoms with E-state index in [9.17, 15) is 10.2 Å². The molecule has 29 heavy (non-hydrogen) atoms. The summed E-state index contributed by atoms with van der Waals surface area (Å²) in [5.74, 6) is 0.812. The summed E-state index contributed by atoms with van der Waals surface area (Å²) in [5, 5.41) is 25.7. The van der Waals surface area contributed by atoms with Crippen LogP contribution in [0.1, 0.15) is 18.7 Å². The third-order valence-corrected chi connectivity index (χ3v) is 5.10. The van der Waals surface area contributed by atoms with Crippen LogP contribution in [0.25, 0.3) is 11.2 Å². The SMILES string of the molecule is CNc1nc(NCc2ccccc2)nc2c1ncn2[C@@H]1O[C@H](CO)[C@@H](O)[C@@]1(C)F. The molecule has 1 saturated heterocycles. The van der Waals surface area contributed by atoms with Gasteiger partial charge in [-0.3, -0.25) is 4.57 Å². The number of ether oxygens (including phenoxy) is 1. The molecule has 0 spiro atoms. The molecule has 0 amide bonds. The van der Waals surface area contributed by atoms with Crippen molar-refractivity contribution in [3.63, 3.8) is 0 Å². The zero-order valence-electron chi connectivity index (χ0n) is 16.1. The van der Waals surface area contributed by atoms with Crippen molar-refractivity contribution in [2.45, 2.75) is 37.6 Å². The van der Waals surface area contributed by atoms with Crippen molar-refractivity contribution >= 4 is 22.9 Å². The topological polar surface area (TPSA) is 117 Å². The van der Waals surface area contributed by atoms with Crippen LogP contribution in [-0.4, -0.2) is 61.3 Å². The van der Waals surface area contributed by atoms with Gasteiger partial charge in [-0.05, 0) is 12.5 Å². The van der Waals surface area contributed by atoms with Crippen molar-refractivity contribution < 1.29 is 19.3 Å². The number of aliphatic hydroxyl groups excluding tert-OH is 2. The summed E-state index contributed by atoms with van der Waals surface area (Å²) in [6.45, 7) is 1.25. The van der Waals surface area contributed by atoms with Crippen molar-refractivity contribution in [2.75, 3.05) is 24.3 Å². The van der Waals surface area contributed by atoms with Gasteiger partial charge >= 0.3 is 0 Å². The number of alkyl halides is 1. The predicted molar refractivity (Wildman–Crippen MR) is 105 cm³/mol. The molecule has 0 saturated carbocycles. The number of imidazole rings is 1. The van der Waals surface area contributed by atoms with E-state index in [0.717, 1.165) is 5.56 Å². The van der Waals surface area contributed by atoms with Crippen LogP contribution in [0.4, 0.5) is 16.2 Å². The van der Waals surface area contributed by atoms with Gasteiger partial charge in [-0.25, -0.2) is 9.37 Å². The van der Waals surface area contributed by atoms with Crippen LogP contribution in [0.2, 0.25) is 0 Å². The van der Waals surface area contributed by atoms with Crippen LogP contribution in [0.15, 0.2) is 36.7 Å². The quantitative estimate of drug-likeness (QED) is 0.490. The maximum Gasteiger partial charge on any atom is 0.227 e. The van der Waals surface area contributed by atoms with Gasteiger partial charge in [0.15, 0.2) is 28.9 Å². The highest BCUT2D eigenvalue weighted by Gasteiger charge is 2.55. The number of benzene rings is 1. The van der Waals surface area contributed by atoms with Gasteiger partial charge in [0.2, 0.25) is 5.95 Å². The number of fused-ring (bicyclic) bond motifs is 1. The minimum atomic E-state index is -2.14. The molecule has 0 aliphatic carbocycles. The van der Waals surface area contributed by atoms with E-state index in [0.29, 0.717) is 29.5 Å². The molecule has 0 unspecified atom stereocenters. The Morgan fingerprint density at radius 1 is 1.28 bits per heavy atom. The Balaban J connectivity index is 1.71. The van der Waals surface area contributed by atoms with E-state index in [1.54, 1.807) is 7.05 Å². The number of anilines is 2. The van der Waals surface area contributed by atoms with Gasteiger partial charge in [-0.1, -0.05) is 30.3 Å². The van der Waals surface area contributed by atoms with E-state index in [-0.39, 0.29) is 0 Å². The zero-order valence-corrected chi connectivity index (χ0v) is 16.1. The third kappa shape index (κ3) is 3.39. The lowest BCUT2D eigenvalue weighted by atomic mass is 9.98. The Bertz CT molecular complexity index is 996. The maximum absolute atomic E-state index is 15.2. The smallest absolute Gasteiger partial charge is 0.227 e. The second-order valence-corrected chi connectivity index (χ2v) is 7.11. The largest absolute Gasteiger partial charge is 0.394 e. The average molecular weight is 402 g/mol. The molecule has 4 N–H and O–H groups in total. The molecule has 0 radical (unpaired) electrons. The summed E-state index contributed by atoms with van der Waals surface area (Å²) in [6.07, 6.45) is -2.30. The summed E-state index contributed by atoms with van der Waals surface area (Å²) in [4.78, 5) is 13.2. The molecule has 4 rings (SSSR count).